The van der Waals surface area contributed by atoms with Crippen molar-refractivity contribution < 1.29 is 14.3 Å². The van der Waals surface area contributed by atoms with E-state index in [0.717, 1.165) is 41.2 Å². The number of benzene rings is 2. The summed E-state index contributed by atoms with van der Waals surface area (Å²) in [6.07, 6.45) is 5.47. The van der Waals surface area contributed by atoms with Crippen LogP contribution in [0, 0.1) is 0 Å². The number of carbonyl (C=O) groups is 1. The van der Waals surface area contributed by atoms with Crippen molar-refractivity contribution in [2.75, 3.05) is 12.4 Å². The minimum Gasteiger partial charge on any atom is -0.497 e. The van der Waals surface area contributed by atoms with Crippen LogP contribution in [0.1, 0.15) is 32.3 Å². The SMILES string of the molecule is CCC(CC)Oc1ccc(/C=C\C(=O)Nc2nc(-c3ccc(OC)cc3)cs2)cc1. The summed E-state index contributed by atoms with van der Waals surface area (Å²) in [5.41, 5.74) is 2.72. The Labute approximate surface area is 181 Å². The van der Waals surface area contributed by atoms with Gasteiger partial charge in [0.1, 0.15) is 11.5 Å². The molecule has 0 unspecified atom stereocenters. The first-order valence-electron chi connectivity index (χ1n) is 9.97. The molecule has 0 spiro atoms. The highest BCUT2D eigenvalue weighted by atomic mass is 32.1. The molecule has 5 nitrogen and oxygen atoms in total. The molecule has 0 atom stereocenters. The number of nitrogens with zero attached hydrogens (tertiary/aromatic N) is 1. The van der Waals surface area contributed by atoms with Crippen LogP contribution in [0.25, 0.3) is 17.3 Å². The normalized spacial score (nSPS) is 11.1. The number of hydrogen-bond donors (Lipinski definition) is 1. The van der Waals surface area contributed by atoms with Crippen LogP contribution in [0.15, 0.2) is 60.0 Å². The fourth-order valence-corrected chi connectivity index (χ4v) is 3.57. The van der Waals surface area contributed by atoms with E-state index in [0.29, 0.717) is 5.13 Å². The summed E-state index contributed by atoms with van der Waals surface area (Å²) < 4.78 is 11.1. The lowest BCUT2D eigenvalue weighted by atomic mass is 10.2. The Balaban J connectivity index is 1.56. The molecule has 0 fully saturated rings. The monoisotopic (exact) mass is 422 g/mol. The van der Waals surface area contributed by atoms with E-state index in [1.54, 1.807) is 13.2 Å². The van der Waals surface area contributed by atoms with E-state index in [4.69, 9.17) is 9.47 Å². The highest BCUT2D eigenvalue weighted by Gasteiger charge is 2.07. The molecule has 1 amide bonds. The number of carbonyl (C=O) groups excluding carboxylic acids is 1. The third-order valence-electron chi connectivity index (χ3n) is 4.64. The minimum absolute atomic E-state index is 0.219. The predicted octanol–water partition coefficient (Wildman–Crippen LogP) is 6.04. The quantitative estimate of drug-likeness (QED) is 0.427. The molecule has 0 aliphatic heterocycles. The summed E-state index contributed by atoms with van der Waals surface area (Å²) in [4.78, 5) is 16.7. The molecule has 1 heterocycles. The van der Waals surface area contributed by atoms with E-state index in [2.05, 4.69) is 24.1 Å². The number of thiazole rings is 1. The van der Waals surface area contributed by atoms with Crippen LogP contribution in [0.3, 0.4) is 0 Å². The van der Waals surface area contributed by atoms with E-state index < -0.39 is 0 Å². The highest BCUT2D eigenvalue weighted by Crippen LogP contribution is 2.26. The van der Waals surface area contributed by atoms with Crippen molar-refractivity contribution in [1.29, 1.82) is 0 Å². The summed E-state index contributed by atoms with van der Waals surface area (Å²) in [6, 6.07) is 15.4. The van der Waals surface area contributed by atoms with Gasteiger partial charge in [0.2, 0.25) is 5.91 Å². The van der Waals surface area contributed by atoms with Gasteiger partial charge in [-0.3, -0.25) is 10.1 Å². The van der Waals surface area contributed by atoms with Crippen LogP contribution in [0.4, 0.5) is 5.13 Å². The molecule has 1 N–H and O–H groups in total. The minimum atomic E-state index is -0.219. The van der Waals surface area contributed by atoms with Crippen molar-refractivity contribution in [3.63, 3.8) is 0 Å². The Morgan fingerprint density at radius 2 is 1.73 bits per heavy atom. The second-order valence-corrected chi connectivity index (χ2v) is 7.57. The van der Waals surface area contributed by atoms with E-state index in [1.165, 1.54) is 17.4 Å². The molecule has 0 aliphatic rings. The van der Waals surface area contributed by atoms with Crippen molar-refractivity contribution in [2.24, 2.45) is 0 Å². The van der Waals surface area contributed by atoms with Gasteiger partial charge in [-0.2, -0.15) is 0 Å². The molecule has 1 aromatic heterocycles. The van der Waals surface area contributed by atoms with E-state index in [9.17, 15) is 4.79 Å². The molecule has 6 heteroatoms. The van der Waals surface area contributed by atoms with Crippen molar-refractivity contribution >= 4 is 28.5 Å². The molecular weight excluding hydrogens is 396 g/mol. The van der Waals surface area contributed by atoms with Crippen LogP contribution in [0.5, 0.6) is 11.5 Å². The number of rotatable bonds is 9. The largest absolute Gasteiger partial charge is 0.497 e. The zero-order valence-electron chi connectivity index (χ0n) is 17.4. The van der Waals surface area contributed by atoms with Gasteiger partial charge in [-0.05, 0) is 60.9 Å². The average molecular weight is 423 g/mol. The zero-order valence-corrected chi connectivity index (χ0v) is 18.2. The van der Waals surface area contributed by atoms with Crippen molar-refractivity contribution in [1.82, 2.24) is 4.98 Å². The Bertz CT molecular complexity index is 974. The Hall–Kier alpha value is -3.12. The molecule has 0 aliphatic carbocycles. The second-order valence-electron chi connectivity index (χ2n) is 6.71. The first-order chi connectivity index (χ1) is 14.6. The number of aromatic nitrogens is 1. The van der Waals surface area contributed by atoms with Crippen LogP contribution < -0.4 is 14.8 Å². The average Bonchev–Trinajstić information content (AvgIpc) is 3.25. The number of methoxy groups -OCH3 is 1. The van der Waals surface area contributed by atoms with Crippen LogP contribution in [0.2, 0.25) is 0 Å². The second kappa shape index (κ2) is 10.6. The molecule has 156 valence electrons. The fourth-order valence-electron chi connectivity index (χ4n) is 2.85. The molecular formula is C24H26N2O3S. The van der Waals surface area contributed by atoms with Crippen molar-refractivity contribution in [3.8, 4) is 22.8 Å². The van der Waals surface area contributed by atoms with Gasteiger partial charge in [-0.15, -0.1) is 11.3 Å². The summed E-state index contributed by atoms with van der Waals surface area (Å²) in [6.45, 7) is 4.23. The van der Waals surface area contributed by atoms with Gasteiger partial charge in [0.25, 0.3) is 0 Å². The zero-order chi connectivity index (χ0) is 21.3. The third-order valence-corrected chi connectivity index (χ3v) is 5.40. The number of nitrogens with one attached hydrogen (secondary N) is 1. The number of anilines is 1. The van der Waals surface area contributed by atoms with Gasteiger partial charge in [0.05, 0.1) is 18.9 Å². The first kappa shape index (κ1) is 21.6. The van der Waals surface area contributed by atoms with E-state index >= 15 is 0 Å². The van der Waals surface area contributed by atoms with Gasteiger partial charge in [0.15, 0.2) is 5.13 Å². The summed E-state index contributed by atoms with van der Waals surface area (Å²) in [5, 5.41) is 5.29. The molecule has 3 aromatic rings. The van der Waals surface area contributed by atoms with Crippen molar-refractivity contribution in [2.45, 2.75) is 32.8 Å². The number of amides is 1. The molecule has 2 aromatic carbocycles. The third kappa shape index (κ3) is 5.94. The van der Waals surface area contributed by atoms with Crippen LogP contribution in [-0.4, -0.2) is 24.1 Å². The van der Waals surface area contributed by atoms with Gasteiger partial charge in [0, 0.05) is 17.0 Å². The molecule has 0 bridgehead atoms. The van der Waals surface area contributed by atoms with E-state index in [1.807, 2.05) is 53.9 Å². The molecule has 0 saturated carbocycles. The highest BCUT2D eigenvalue weighted by molar-refractivity contribution is 7.14. The maximum atomic E-state index is 12.2. The fraction of sp³-hybridized carbons (Fsp3) is 0.250. The van der Waals surface area contributed by atoms with Crippen molar-refractivity contribution in [3.05, 3.63) is 65.6 Å². The lowest BCUT2D eigenvalue weighted by Crippen LogP contribution is -2.13. The number of hydrogen-bond acceptors (Lipinski definition) is 5. The van der Waals surface area contributed by atoms with Gasteiger partial charge in [-0.1, -0.05) is 26.0 Å². The van der Waals surface area contributed by atoms with Crippen LogP contribution >= 0.6 is 11.3 Å². The maximum Gasteiger partial charge on any atom is 0.250 e. The summed E-state index contributed by atoms with van der Waals surface area (Å²) in [5.74, 6) is 1.42. The van der Waals surface area contributed by atoms with Gasteiger partial charge >= 0.3 is 0 Å². The summed E-state index contributed by atoms with van der Waals surface area (Å²) in [7, 11) is 1.63. The Morgan fingerprint density at radius 1 is 1.07 bits per heavy atom. The lowest BCUT2D eigenvalue weighted by molar-refractivity contribution is -0.111. The topological polar surface area (TPSA) is 60.5 Å². The molecule has 30 heavy (non-hydrogen) atoms. The molecule has 3 rings (SSSR count). The summed E-state index contributed by atoms with van der Waals surface area (Å²) >= 11 is 1.39. The molecule has 0 radical (unpaired) electrons. The number of ether oxygens (including phenoxy) is 2. The molecule has 0 saturated heterocycles. The first-order valence-corrected chi connectivity index (χ1v) is 10.8. The Kier molecular flexibility index (Phi) is 7.63. The Morgan fingerprint density at radius 3 is 2.37 bits per heavy atom. The lowest BCUT2D eigenvalue weighted by Gasteiger charge is -2.15. The maximum absolute atomic E-state index is 12.2. The van der Waals surface area contributed by atoms with E-state index in [-0.39, 0.29) is 12.0 Å². The standard InChI is InChI=1S/C24H26N2O3S/c1-4-19(5-2)29-21-11-6-17(7-12-21)8-15-23(27)26-24-25-22(16-30-24)18-9-13-20(28-3)14-10-18/h6-16,19H,4-5H2,1-3H3,(H,25,26,27)/b15-8-. The van der Waals surface area contributed by atoms with Gasteiger partial charge in [-0.25, -0.2) is 4.98 Å². The smallest absolute Gasteiger partial charge is 0.250 e. The van der Waals surface area contributed by atoms with Gasteiger partial charge < -0.3 is 9.47 Å². The predicted molar refractivity (Wildman–Crippen MR) is 123 cm³/mol. The van der Waals surface area contributed by atoms with Crippen LogP contribution in [-0.2, 0) is 4.79 Å².